The fourth-order valence-electron chi connectivity index (χ4n) is 3.66. The van der Waals surface area contributed by atoms with E-state index in [0.29, 0.717) is 38.4 Å². The fourth-order valence-corrected chi connectivity index (χ4v) is 4.13. The van der Waals surface area contributed by atoms with Gasteiger partial charge in [0, 0.05) is 23.5 Å². The van der Waals surface area contributed by atoms with Crippen molar-refractivity contribution in [1.29, 1.82) is 0 Å². The average molecular weight is 484 g/mol. The van der Waals surface area contributed by atoms with Gasteiger partial charge in [-0.2, -0.15) is 0 Å². The van der Waals surface area contributed by atoms with Gasteiger partial charge in [0.1, 0.15) is 5.76 Å². The highest BCUT2D eigenvalue weighted by atomic mass is 35.5. The van der Waals surface area contributed by atoms with Crippen LogP contribution in [0.15, 0.2) is 54.9 Å². The third-order valence-electron chi connectivity index (χ3n) is 5.78. The normalized spacial score (nSPS) is 14.5. The maximum absolute atomic E-state index is 13.4. The Hall–Kier alpha value is -3.02. The van der Waals surface area contributed by atoms with Crippen molar-refractivity contribution >= 4 is 41.0 Å². The van der Waals surface area contributed by atoms with E-state index < -0.39 is 5.41 Å². The molecule has 0 radical (unpaired) electrons. The van der Waals surface area contributed by atoms with Gasteiger partial charge in [0.05, 0.1) is 29.7 Å². The van der Waals surface area contributed by atoms with Gasteiger partial charge < -0.3 is 14.2 Å². The zero-order valence-corrected chi connectivity index (χ0v) is 20.0. The Bertz CT molecular complexity index is 1200. The number of aromatic nitrogens is 1. The van der Waals surface area contributed by atoms with Crippen LogP contribution in [0.5, 0.6) is 11.5 Å². The van der Waals surface area contributed by atoms with E-state index in [4.69, 9.17) is 37.4 Å². The predicted molar refractivity (Wildman–Crippen MR) is 130 cm³/mol. The number of rotatable bonds is 7. The Balaban J connectivity index is 1.76. The maximum atomic E-state index is 13.4. The molecule has 0 N–H and O–H groups in total. The van der Waals surface area contributed by atoms with Crippen molar-refractivity contribution in [2.45, 2.75) is 25.2 Å². The molecule has 5 nitrogen and oxygen atoms in total. The lowest BCUT2D eigenvalue weighted by atomic mass is 9.95. The molecule has 0 unspecified atom stereocenters. The van der Waals surface area contributed by atoms with E-state index in [0.717, 1.165) is 24.0 Å². The number of ether oxygens (including phenoxy) is 3. The smallest absolute Gasteiger partial charge is 0.321 e. The van der Waals surface area contributed by atoms with Crippen LogP contribution in [-0.4, -0.2) is 25.2 Å². The molecule has 170 valence electrons. The van der Waals surface area contributed by atoms with Crippen LogP contribution in [0.25, 0.3) is 11.8 Å². The summed E-state index contributed by atoms with van der Waals surface area (Å²) in [6.07, 6.45) is 6.08. The first kappa shape index (κ1) is 23.1. The largest absolute Gasteiger partial charge is 0.493 e. The molecule has 3 aromatic rings. The molecule has 2 aromatic carbocycles. The summed E-state index contributed by atoms with van der Waals surface area (Å²) >= 11 is 12.7. The molecule has 0 spiro atoms. The zero-order chi connectivity index (χ0) is 23.6. The molecule has 0 amide bonds. The molecule has 7 heteroatoms. The summed E-state index contributed by atoms with van der Waals surface area (Å²) in [4.78, 5) is 17.4. The average Bonchev–Trinajstić information content (AvgIpc) is 3.63. The lowest BCUT2D eigenvalue weighted by Crippen LogP contribution is -2.22. The van der Waals surface area contributed by atoms with Crippen LogP contribution in [-0.2, 0) is 14.9 Å². The molecule has 0 saturated heterocycles. The Kier molecular flexibility index (Phi) is 6.63. The monoisotopic (exact) mass is 483 g/mol. The third-order valence-corrected chi connectivity index (χ3v) is 6.38. The second-order valence-electron chi connectivity index (χ2n) is 7.93. The third kappa shape index (κ3) is 4.70. The van der Waals surface area contributed by atoms with Gasteiger partial charge in [0.25, 0.3) is 0 Å². The van der Waals surface area contributed by atoms with Crippen LogP contribution in [0, 0.1) is 6.92 Å². The van der Waals surface area contributed by atoms with Gasteiger partial charge in [-0.1, -0.05) is 53.0 Å². The number of carbonyl (C=O) groups excluding carboxylic acids is 1. The summed E-state index contributed by atoms with van der Waals surface area (Å²) in [5.74, 6) is 1.04. The second-order valence-corrected chi connectivity index (χ2v) is 8.75. The van der Waals surface area contributed by atoms with Crippen molar-refractivity contribution in [3.05, 3.63) is 87.2 Å². The molecular weight excluding hydrogens is 461 g/mol. The van der Waals surface area contributed by atoms with Crippen molar-refractivity contribution in [1.82, 2.24) is 4.98 Å². The number of esters is 1. The molecule has 0 atom stereocenters. The van der Waals surface area contributed by atoms with E-state index in [1.165, 1.54) is 12.4 Å². The Morgan fingerprint density at radius 3 is 2.18 bits per heavy atom. The van der Waals surface area contributed by atoms with E-state index in [2.05, 4.69) is 4.98 Å². The number of halogens is 2. The highest BCUT2D eigenvalue weighted by Crippen LogP contribution is 2.50. The summed E-state index contributed by atoms with van der Waals surface area (Å²) in [6, 6.07) is 13.3. The second kappa shape index (κ2) is 9.46. The highest BCUT2D eigenvalue weighted by Gasteiger charge is 2.53. The summed E-state index contributed by atoms with van der Waals surface area (Å²) in [5, 5.41) is 0.687. The maximum Gasteiger partial charge on any atom is 0.321 e. The molecule has 4 rings (SSSR count). The molecule has 1 aliphatic rings. The summed E-state index contributed by atoms with van der Waals surface area (Å²) < 4.78 is 16.8. The van der Waals surface area contributed by atoms with Crippen molar-refractivity contribution in [3.8, 4) is 11.5 Å². The van der Waals surface area contributed by atoms with E-state index >= 15 is 0 Å². The zero-order valence-electron chi connectivity index (χ0n) is 18.5. The van der Waals surface area contributed by atoms with E-state index in [-0.39, 0.29) is 5.97 Å². The molecule has 0 bridgehead atoms. The number of nitrogens with zero attached hydrogens (tertiary/aromatic N) is 1. The van der Waals surface area contributed by atoms with Crippen LogP contribution < -0.4 is 9.47 Å². The summed E-state index contributed by atoms with van der Waals surface area (Å²) in [6.45, 7) is 2.02. The number of aryl methyl sites for hydroxylation is 1. The highest BCUT2D eigenvalue weighted by molar-refractivity contribution is 6.37. The first-order valence-corrected chi connectivity index (χ1v) is 11.2. The minimum Gasteiger partial charge on any atom is -0.493 e. The van der Waals surface area contributed by atoms with Crippen LogP contribution in [0.2, 0.25) is 10.0 Å². The van der Waals surface area contributed by atoms with Gasteiger partial charge in [-0.15, -0.1) is 0 Å². The SMILES string of the molecule is COc1ccc(/C(=C/c2c(Cl)cncc2Cl)OC(=O)C2(c3ccc(C)cc3)CC2)cc1OC. The molecule has 1 heterocycles. The number of hydrogen-bond acceptors (Lipinski definition) is 5. The van der Waals surface area contributed by atoms with Crippen molar-refractivity contribution in [2.24, 2.45) is 0 Å². The van der Waals surface area contributed by atoms with Gasteiger partial charge in [-0.05, 0) is 49.6 Å². The van der Waals surface area contributed by atoms with Gasteiger partial charge in [-0.3, -0.25) is 9.78 Å². The molecule has 0 aliphatic heterocycles. The molecule has 33 heavy (non-hydrogen) atoms. The lowest BCUT2D eigenvalue weighted by Gasteiger charge is -2.18. The molecule has 1 aromatic heterocycles. The topological polar surface area (TPSA) is 57.7 Å². The molecule has 1 fully saturated rings. The number of methoxy groups -OCH3 is 2. The number of pyridine rings is 1. The first-order chi connectivity index (χ1) is 15.9. The fraction of sp³-hybridized carbons (Fsp3) is 0.231. The predicted octanol–water partition coefficient (Wildman–Crippen LogP) is 6.49. The minimum atomic E-state index is -0.658. The Morgan fingerprint density at radius 2 is 1.61 bits per heavy atom. The van der Waals surface area contributed by atoms with Crippen molar-refractivity contribution < 1.29 is 19.0 Å². The quantitative estimate of drug-likeness (QED) is 0.284. The van der Waals surface area contributed by atoms with Crippen LogP contribution >= 0.6 is 23.2 Å². The Labute approximate surface area is 202 Å². The summed E-state index contributed by atoms with van der Waals surface area (Å²) in [5.41, 5.74) is 2.55. The van der Waals surface area contributed by atoms with Gasteiger partial charge in [0.2, 0.25) is 0 Å². The van der Waals surface area contributed by atoms with Crippen molar-refractivity contribution in [3.63, 3.8) is 0 Å². The lowest BCUT2D eigenvalue weighted by molar-refractivity contribution is -0.139. The van der Waals surface area contributed by atoms with Crippen LogP contribution in [0.4, 0.5) is 0 Å². The Morgan fingerprint density at radius 1 is 0.970 bits per heavy atom. The number of benzene rings is 2. The first-order valence-electron chi connectivity index (χ1n) is 10.4. The van der Waals surface area contributed by atoms with Gasteiger partial charge in [-0.25, -0.2) is 0 Å². The van der Waals surface area contributed by atoms with Gasteiger partial charge >= 0.3 is 5.97 Å². The van der Waals surface area contributed by atoms with Crippen LogP contribution in [0.1, 0.15) is 35.1 Å². The van der Waals surface area contributed by atoms with E-state index in [9.17, 15) is 4.79 Å². The minimum absolute atomic E-state index is 0.300. The number of hydrogen-bond donors (Lipinski definition) is 0. The van der Waals surface area contributed by atoms with Crippen LogP contribution in [0.3, 0.4) is 0 Å². The molecular formula is C26H23Cl2NO4. The van der Waals surface area contributed by atoms with E-state index in [1.54, 1.807) is 38.5 Å². The number of carbonyl (C=O) groups is 1. The summed E-state index contributed by atoms with van der Waals surface area (Å²) in [7, 11) is 3.10. The van der Waals surface area contributed by atoms with Gasteiger partial charge in [0.15, 0.2) is 11.5 Å². The van der Waals surface area contributed by atoms with Crippen molar-refractivity contribution in [2.75, 3.05) is 14.2 Å². The standard InChI is InChI=1S/C26H23Cl2NO4/c1-16-4-7-18(8-5-16)26(10-11-26)25(30)33-23(13-19-20(27)14-29-15-21(19)28)17-6-9-22(31-2)24(12-17)32-3/h4-9,12-15H,10-11H2,1-3H3/b23-13-. The molecule has 1 aliphatic carbocycles. The van der Waals surface area contributed by atoms with E-state index in [1.807, 2.05) is 31.2 Å². The molecule has 1 saturated carbocycles.